The monoisotopic (exact) mass is 480 g/mol. The molecule has 0 atom stereocenters. The maximum Gasteiger partial charge on any atom is 0.387 e. The Bertz CT molecular complexity index is 884. The molecule has 190 valence electrons. The highest BCUT2D eigenvalue weighted by Gasteiger charge is 2.20. The predicted molar refractivity (Wildman–Crippen MR) is 142 cm³/mol. The number of halogens is 2. The predicted octanol–water partition coefficient (Wildman–Crippen LogP) is 9.57. The van der Waals surface area contributed by atoms with Gasteiger partial charge in [-0.05, 0) is 66.6 Å². The number of hydrogen-bond donors (Lipinski definition) is 0. The molecule has 0 amide bonds. The molecule has 3 rings (SSSR count). The summed E-state index contributed by atoms with van der Waals surface area (Å²) in [7, 11) is 0. The quantitative estimate of drug-likeness (QED) is 0.205. The SMILES string of the molecule is CCCCCCCCC[C@H]1CC[C@H](CCc2ccc(C#Cc3ccc(OC(F)F)cc3)cc2)CC1. The number of unbranched alkanes of at least 4 members (excludes halogenated alkanes) is 6. The van der Waals surface area contributed by atoms with Gasteiger partial charge in [0, 0.05) is 11.1 Å². The van der Waals surface area contributed by atoms with Gasteiger partial charge in [0.05, 0.1) is 0 Å². The summed E-state index contributed by atoms with van der Waals surface area (Å²) in [4.78, 5) is 0. The molecule has 0 aliphatic heterocycles. The Morgan fingerprint density at radius 3 is 1.80 bits per heavy atom. The summed E-state index contributed by atoms with van der Waals surface area (Å²) >= 11 is 0. The Morgan fingerprint density at radius 2 is 1.23 bits per heavy atom. The van der Waals surface area contributed by atoms with Crippen LogP contribution in [0.1, 0.15) is 107 Å². The molecule has 1 saturated carbocycles. The van der Waals surface area contributed by atoms with Gasteiger partial charge in [0.1, 0.15) is 5.75 Å². The zero-order valence-electron chi connectivity index (χ0n) is 21.4. The first-order valence-corrected chi connectivity index (χ1v) is 13.8. The molecule has 0 spiro atoms. The van der Waals surface area contributed by atoms with Gasteiger partial charge in [-0.15, -0.1) is 0 Å². The van der Waals surface area contributed by atoms with E-state index in [0.717, 1.165) is 29.4 Å². The smallest absolute Gasteiger partial charge is 0.387 e. The lowest BCUT2D eigenvalue weighted by molar-refractivity contribution is -0.0498. The number of rotatable bonds is 13. The molecule has 1 nitrogen and oxygen atoms in total. The van der Waals surface area contributed by atoms with Crippen LogP contribution in [0.15, 0.2) is 48.5 Å². The van der Waals surface area contributed by atoms with Gasteiger partial charge in [-0.3, -0.25) is 0 Å². The first kappa shape index (κ1) is 27.3. The van der Waals surface area contributed by atoms with E-state index >= 15 is 0 Å². The van der Waals surface area contributed by atoms with Crippen LogP contribution in [0.5, 0.6) is 5.75 Å². The van der Waals surface area contributed by atoms with Crippen LogP contribution in [0.4, 0.5) is 8.78 Å². The topological polar surface area (TPSA) is 9.23 Å². The highest BCUT2D eigenvalue weighted by molar-refractivity contribution is 5.44. The highest BCUT2D eigenvalue weighted by atomic mass is 19.3. The largest absolute Gasteiger partial charge is 0.435 e. The minimum atomic E-state index is -2.81. The van der Waals surface area contributed by atoms with Crippen LogP contribution in [0.2, 0.25) is 0 Å². The van der Waals surface area contributed by atoms with Crippen LogP contribution in [0.3, 0.4) is 0 Å². The van der Waals surface area contributed by atoms with Crippen LogP contribution in [0, 0.1) is 23.7 Å². The zero-order valence-corrected chi connectivity index (χ0v) is 21.4. The third-order valence-corrected chi connectivity index (χ3v) is 7.41. The second-order valence-electron chi connectivity index (χ2n) is 10.2. The molecule has 0 heterocycles. The molecule has 35 heavy (non-hydrogen) atoms. The highest BCUT2D eigenvalue weighted by Crippen LogP contribution is 2.34. The zero-order chi connectivity index (χ0) is 24.7. The molecule has 0 unspecified atom stereocenters. The number of hydrogen-bond acceptors (Lipinski definition) is 1. The molecule has 0 saturated heterocycles. The molecule has 1 aliphatic carbocycles. The van der Waals surface area contributed by atoms with Crippen molar-refractivity contribution in [2.45, 2.75) is 103 Å². The van der Waals surface area contributed by atoms with E-state index in [2.05, 4.69) is 47.8 Å². The fourth-order valence-corrected chi connectivity index (χ4v) is 5.19. The van der Waals surface area contributed by atoms with Crippen LogP contribution in [0.25, 0.3) is 0 Å². The van der Waals surface area contributed by atoms with E-state index in [4.69, 9.17) is 0 Å². The van der Waals surface area contributed by atoms with Gasteiger partial charge in [0.25, 0.3) is 0 Å². The Hall–Kier alpha value is -2.34. The van der Waals surface area contributed by atoms with E-state index in [1.807, 2.05) is 0 Å². The number of ether oxygens (including phenoxy) is 1. The van der Waals surface area contributed by atoms with Crippen molar-refractivity contribution in [1.82, 2.24) is 0 Å². The van der Waals surface area contributed by atoms with Crippen molar-refractivity contribution < 1.29 is 13.5 Å². The van der Waals surface area contributed by atoms with Gasteiger partial charge in [-0.1, -0.05) is 108 Å². The van der Waals surface area contributed by atoms with Crippen molar-refractivity contribution >= 4 is 0 Å². The van der Waals surface area contributed by atoms with Crippen molar-refractivity contribution in [3.63, 3.8) is 0 Å². The lowest BCUT2D eigenvalue weighted by Crippen LogP contribution is -2.15. The first-order chi connectivity index (χ1) is 17.1. The summed E-state index contributed by atoms with van der Waals surface area (Å²) in [5, 5.41) is 0. The molecule has 3 heteroatoms. The average Bonchev–Trinajstić information content (AvgIpc) is 2.87. The molecule has 2 aromatic rings. The van der Waals surface area contributed by atoms with Crippen LogP contribution < -0.4 is 4.74 Å². The van der Waals surface area contributed by atoms with Crippen molar-refractivity contribution in [2.24, 2.45) is 11.8 Å². The summed E-state index contributed by atoms with van der Waals surface area (Å²) in [5.74, 6) is 8.25. The molecule has 0 bridgehead atoms. The van der Waals surface area contributed by atoms with E-state index < -0.39 is 6.61 Å². The lowest BCUT2D eigenvalue weighted by atomic mass is 9.77. The minimum Gasteiger partial charge on any atom is -0.435 e. The summed E-state index contributed by atoms with van der Waals surface area (Å²) < 4.78 is 28.8. The standard InChI is InChI=1S/C32H42F2O/c1-2-3-4-5-6-7-8-9-26-10-12-27(13-11-26)14-15-28-16-18-29(19-17-28)20-21-30-22-24-31(25-23-30)35-32(33)34/h16-19,22-27,32H,2-15H2,1H3/t26-,27-. The average molecular weight is 481 g/mol. The van der Waals surface area contributed by atoms with Crippen LogP contribution in [-0.2, 0) is 6.42 Å². The molecule has 0 N–H and O–H groups in total. The van der Waals surface area contributed by atoms with Crippen LogP contribution in [-0.4, -0.2) is 6.61 Å². The first-order valence-electron chi connectivity index (χ1n) is 13.8. The van der Waals surface area contributed by atoms with E-state index in [1.165, 1.54) is 101 Å². The molecular formula is C32H42F2O. The van der Waals surface area contributed by atoms with Gasteiger partial charge < -0.3 is 4.74 Å². The Labute approximate surface area is 211 Å². The third kappa shape index (κ3) is 10.9. The number of alkyl halides is 2. The lowest BCUT2D eigenvalue weighted by Gasteiger charge is -2.28. The Balaban J connectivity index is 1.31. The molecule has 1 fully saturated rings. The van der Waals surface area contributed by atoms with Crippen molar-refractivity contribution in [3.8, 4) is 17.6 Å². The third-order valence-electron chi connectivity index (χ3n) is 7.41. The van der Waals surface area contributed by atoms with Gasteiger partial charge >= 0.3 is 6.61 Å². The fraction of sp³-hybridized carbons (Fsp3) is 0.562. The molecule has 0 aromatic heterocycles. The van der Waals surface area contributed by atoms with E-state index in [9.17, 15) is 8.78 Å². The molecule has 1 aliphatic rings. The van der Waals surface area contributed by atoms with E-state index in [0.29, 0.717) is 0 Å². The summed E-state index contributed by atoms with van der Waals surface area (Å²) in [6.07, 6.45) is 19.5. The fourth-order valence-electron chi connectivity index (χ4n) is 5.19. The van der Waals surface area contributed by atoms with Gasteiger partial charge in [-0.25, -0.2) is 0 Å². The van der Waals surface area contributed by atoms with E-state index in [-0.39, 0.29) is 5.75 Å². The number of aryl methyl sites for hydroxylation is 1. The van der Waals surface area contributed by atoms with E-state index in [1.54, 1.807) is 12.1 Å². The van der Waals surface area contributed by atoms with Crippen molar-refractivity contribution in [2.75, 3.05) is 0 Å². The van der Waals surface area contributed by atoms with Crippen LogP contribution >= 0.6 is 0 Å². The maximum atomic E-state index is 12.2. The van der Waals surface area contributed by atoms with Gasteiger partial charge in [-0.2, -0.15) is 8.78 Å². The summed E-state index contributed by atoms with van der Waals surface area (Å²) in [5.41, 5.74) is 3.13. The number of benzene rings is 2. The summed E-state index contributed by atoms with van der Waals surface area (Å²) in [6.45, 7) is -0.520. The van der Waals surface area contributed by atoms with Gasteiger partial charge in [0.15, 0.2) is 0 Å². The van der Waals surface area contributed by atoms with Gasteiger partial charge in [0.2, 0.25) is 0 Å². The Kier molecular flexibility index (Phi) is 12.2. The normalized spacial score (nSPS) is 17.7. The molecule has 2 aromatic carbocycles. The second-order valence-corrected chi connectivity index (χ2v) is 10.2. The van der Waals surface area contributed by atoms with Crippen molar-refractivity contribution in [1.29, 1.82) is 0 Å². The molecular weight excluding hydrogens is 438 g/mol. The minimum absolute atomic E-state index is 0.150. The Morgan fingerprint density at radius 1 is 0.714 bits per heavy atom. The second kappa shape index (κ2) is 15.6. The van der Waals surface area contributed by atoms with Crippen molar-refractivity contribution in [3.05, 3.63) is 65.2 Å². The molecule has 0 radical (unpaired) electrons. The summed E-state index contributed by atoms with van der Waals surface area (Å²) in [6, 6.07) is 15.0. The maximum absolute atomic E-state index is 12.2.